The molecule has 1 rings (SSSR count). The second-order valence-electron chi connectivity index (χ2n) is 5.56. The summed E-state index contributed by atoms with van der Waals surface area (Å²) >= 11 is 0. The fourth-order valence-electron chi connectivity index (χ4n) is 2.45. The van der Waals surface area contributed by atoms with Crippen LogP contribution in [-0.2, 0) is 4.74 Å². The molecule has 0 aliphatic heterocycles. The Bertz CT molecular complexity index is 188. The van der Waals surface area contributed by atoms with Gasteiger partial charge < -0.3 is 15.8 Å². The predicted molar refractivity (Wildman–Crippen MR) is 68.5 cm³/mol. The predicted octanol–water partition coefficient (Wildman–Crippen LogP) is 1.77. The maximum atomic E-state index is 5.96. The van der Waals surface area contributed by atoms with Gasteiger partial charge >= 0.3 is 0 Å². The van der Waals surface area contributed by atoms with E-state index < -0.39 is 0 Å². The maximum Gasteiger partial charge on any atom is 0.0667 e. The highest BCUT2D eigenvalue weighted by Crippen LogP contribution is 2.37. The fourth-order valence-corrected chi connectivity index (χ4v) is 2.45. The van der Waals surface area contributed by atoms with Gasteiger partial charge in [-0.1, -0.05) is 19.8 Å². The van der Waals surface area contributed by atoms with Crippen molar-refractivity contribution in [2.45, 2.75) is 45.6 Å². The number of hydrogen-bond donors (Lipinski definition) is 2. The van der Waals surface area contributed by atoms with Gasteiger partial charge in [0.25, 0.3) is 0 Å². The Morgan fingerprint density at radius 1 is 1.44 bits per heavy atom. The molecule has 1 unspecified atom stereocenters. The summed E-state index contributed by atoms with van der Waals surface area (Å²) in [6.45, 7) is 7.22. The molecule has 0 aromatic rings. The van der Waals surface area contributed by atoms with E-state index in [1.54, 1.807) is 7.11 Å². The second-order valence-corrected chi connectivity index (χ2v) is 5.56. The van der Waals surface area contributed by atoms with E-state index in [0.29, 0.717) is 5.41 Å². The molecule has 0 saturated heterocycles. The molecule has 0 bridgehead atoms. The Kier molecular flexibility index (Phi) is 5.73. The summed E-state index contributed by atoms with van der Waals surface area (Å²) in [7, 11) is 1.76. The zero-order valence-electron chi connectivity index (χ0n) is 11.1. The average Bonchev–Trinajstić information content (AvgIpc) is 2.32. The van der Waals surface area contributed by atoms with Crippen LogP contribution in [0, 0.1) is 11.3 Å². The first-order chi connectivity index (χ1) is 7.62. The SMILES string of the molecule is COC(C)CNCC1(CN)CCC(C)CC1. The summed E-state index contributed by atoms with van der Waals surface area (Å²) in [4.78, 5) is 0. The lowest BCUT2D eigenvalue weighted by atomic mass is 9.71. The molecular weight excluding hydrogens is 200 g/mol. The van der Waals surface area contributed by atoms with E-state index in [4.69, 9.17) is 10.5 Å². The average molecular weight is 228 g/mol. The van der Waals surface area contributed by atoms with Crippen LogP contribution in [0.25, 0.3) is 0 Å². The van der Waals surface area contributed by atoms with E-state index in [-0.39, 0.29) is 6.10 Å². The summed E-state index contributed by atoms with van der Waals surface area (Å²) < 4.78 is 5.23. The highest BCUT2D eigenvalue weighted by molar-refractivity contribution is 4.87. The fraction of sp³-hybridized carbons (Fsp3) is 1.00. The maximum absolute atomic E-state index is 5.96. The Balaban J connectivity index is 2.30. The van der Waals surface area contributed by atoms with Gasteiger partial charge in [0.15, 0.2) is 0 Å². The van der Waals surface area contributed by atoms with Crippen LogP contribution in [0.3, 0.4) is 0 Å². The molecule has 3 nitrogen and oxygen atoms in total. The van der Waals surface area contributed by atoms with Crippen LogP contribution in [0.15, 0.2) is 0 Å². The molecule has 96 valence electrons. The summed E-state index contributed by atoms with van der Waals surface area (Å²) in [6.07, 6.45) is 5.51. The van der Waals surface area contributed by atoms with Crippen molar-refractivity contribution in [1.29, 1.82) is 0 Å². The lowest BCUT2D eigenvalue weighted by Gasteiger charge is -2.39. The van der Waals surface area contributed by atoms with Gasteiger partial charge in [0, 0.05) is 20.2 Å². The lowest BCUT2D eigenvalue weighted by molar-refractivity contribution is 0.105. The van der Waals surface area contributed by atoms with Crippen LogP contribution < -0.4 is 11.1 Å². The number of ether oxygens (including phenoxy) is 1. The van der Waals surface area contributed by atoms with E-state index in [2.05, 4.69) is 19.2 Å². The summed E-state index contributed by atoms with van der Waals surface area (Å²) in [6, 6.07) is 0. The number of rotatable bonds is 6. The van der Waals surface area contributed by atoms with Gasteiger partial charge in [-0.3, -0.25) is 0 Å². The molecule has 1 aliphatic rings. The Morgan fingerprint density at radius 2 is 2.06 bits per heavy atom. The Morgan fingerprint density at radius 3 is 2.56 bits per heavy atom. The van der Waals surface area contributed by atoms with Gasteiger partial charge in [-0.25, -0.2) is 0 Å². The van der Waals surface area contributed by atoms with Gasteiger partial charge in [-0.15, -0.1) is 0 Å². The van der Waals surface area contributed by atoms with Crippen molar-refractivity contribution < 1.29 is 4.74 Å². The van der Waals surface area contributed by atoms with E-state index in [1.165, 1.54) is 25.7 Å². The number of nitrogens with two attached hydrogens (primary N) is 1. The smallest absolute Gasteiger partial charge is 0.0667 e. The molecule has 1 atom stereocenters. The first-order valence-electron chi connectivity index (χ1n) is 6.55. The topological polar surface area (TPSA) is 47.3 Å². The van der Waals surface area contributed by atoms with Crippen LogP contribution in [0.5, 0.6) is 0 Å². The summed E-state index contributed by atoms with van der Waals surface area (Å²) in [5.74, 6) is 0.887. The van der Waals surface area contributed by atoms with Crippen LogP contribution in [0.4, 0.5) is 0 Å². The molecule has 3 heteroatoms. The summed E-state index contributed by atoms with van der Waals surface area (Å²) in [5, 5.41) is 3.51. The molecule has 0 spiro atoms. The third-order valence-electron chi connectivity index (χ3n) is 4.10. The van der Waals surface area contributed by atoms with Gasteiger partial charge in [0.05, 0.1) is 6.10 Å². The van der Waals surface area contributed by atoms with Crippen LogP contribution in [0.1, 0.15) is 39.5 Å². The molecular formula is C13H28N2O. The van der Waals surface area contributed by atoms with Crippen molar-refractivity contribution >= 4 is 0 Å². The summed E-state index contributed by atoms with van der Waals surface area (Å²) in [5.41, 5.74) is 6.31. The largest absolute Gasteiger partial charge is 0.380 e. The molecule has 0 radical (unpaired) electrons. The van der Waals surface area contributed by atoms with Crippen molar-refractivity contribution in [3.63, 3.8) is 0 Å². The first kappa shape index (κ1) is 13.9. The van der Waals surface area contributed by atoms with Gasteiger partial charge in [0.1, 0.15) is 0 Å². The van der Waals surface area contributed by atoms with Gasteiger partial charge in [0.2, 0.25) is 0 Å². The minimum Gasteiger partial charge on any atom is -0.380 e. The van der Waals surface area contributed by atoms with Gasteiger partial charge in [-0.05, 0) is 37.6 Å². The van der Waals surface area contributed by atoms with E-state index >= 15 is 0 Å². The number of hydrogen-bond acceptors (Lipinski definition) is 3. The van der Waals surface area contributed by atoms with E-state index in [1.807, 2.05) is 0 Å². The van der Waals surface area contributed by atoms with Gasteiger partial charge in [-0.2, -0.15) is 0 Å². The first-order valence-corrected chi connectivity index (χ1v) is 6.55. The lowest BCUT2D eigenvalue weighted by Crippen LogP contribution is -2.44. The Hall–Kier alpha value is -0.120. The minimum atomic E-state index is 0.289. The van der Waals surface area contributed by atoms with Crippen molar-refractivity contribution in [2.75, 3.05) is 26.7 Å². The zero-order valence-corrected chi connectivity index (χ0v) is 11.1. The molecule has 0 aromatic carbocycles. The van der Waals surface area contributed by atoms with Crippen LogP contribution in [0.2, 0.25) is 0 Å². The molecule has 16 heavy (non-hydrogen) atoms. The minimum absolute atomic E-state index is 0.289. The quantitative estimate of drug-likeness (QED) is 0.728. The monoisotopic (exact) mass is 228 g/mol. The molecule has 1 fully saturated rings. The van der Waals surface area contributed by atoms with Crippen molar-refractivity contribution in [1.82, 2.24) is 5.32 Å². The van der Waals surface area contributed by atoms with E-state index in [0.717, 1.165) is 25.6 Å². The highest BCUT2D eigenvalue weighted by Gasteiger charge is 2.32. The Labute approximate surface area is 100 Å². The molecule has 0 heterocycles. The molecule has 1 aliphatic carbocycles. The number of nitrogens with one attached hydrogen (secondary N) is 1. The normalized spacial score (nSPS) is 32.6. The van der Waals surface area contributed by atoms with E-state index in [9.17, 15) is 0 Å². The van der Waals surface area contributed by atoms with Crippen LogP contribution >= 0.6 is 0 Å². The third kappa shape index (κ3) is 4.04. The standard InChI is InChI=1S/C13H28N2O/c1-11-4-6-13(9-14,7-5-11)10-15-8-12(2)16-3/h11-12,15H,4-10,14H2,1-3H3. The molecule has 0 amide bonds. The van der Waals surface area contributed by atoms with Crippen molar-refractivity contribution in [3.8, 4) is 0 Å². The highest BCUT2D eigenvalue weighted by atomic mass is 16.5. The third-order valence-corrected chi connectivity index (χ3v) is 4.10. The van der Waals surface area contributed by atoms with Crippen LogP contribution in [-0.4, -0.2) is 32.8 Å². The second kappa shape index (κ2) is 6.58. The number of methoxy groups -OCH3 is 1. The zero-order chi connectivity index (χ0) is 12.0. The molecule has 0 aromatic heterocycles. The molecule has 3 N–H and O–H groups in total. The van der Waals surface area contributed by atoms with Crippen molar-refractivity contribution in [2.24, 2.45) is 17.1 Å². The van der Waals surface area contributed by atoms with Crippen molar-refractivity contribution in [3.05, 3.63) is 0 Å². The molecule has 1 saturated carbocycles.